The van der Waals surface area contributed by atoms with Gasteiger partial charge in [-0.15, -0.1) is 11.3 Å². The van der Waals surface area contributed by atoms with E-state index in [2.05, 4.69) is 26.1 Å². The van der Waals surface area contributed by atoms with Crippen LogP contribution in [0.25, 0.3) is 0 Å². The van der Waals surface area contributed by atoms with Crippen LogP contribution >= 0.6 is 11.3 Å². The Bertz CT molecular complexity index is 727. The zero-order valence-corrected chi connectivity index (χ0v) is 15.7. The van der Waals surface area contributed by atoms with Crippen LogP contribution in [-0.2, 0) is 27.2 Å². The fourth-order valence-corrected chi connectivity index (χ4v) is 4.35. The van der Waals surface area contributed by atoms with Crippen molar-refractivity contribution in [2.45, 2.75) is 40.0 Å². The molecule has 1 atom stereocenters. The molecule has 1 aliphatic rings. The highest BCUT2D eigenvalue weighted by Gasteiger charge is 2.34. The third-order valence-electron chi connectivity index (χ3n) is 4.49. The van der Waals surface area contributed by atoms with Crippen molar-refractivity contribution in [3.63, 3.8) is 0 Å². The minimum atomic E-state index is -1.21. The second-order valence-electron chi connectivity index (χ2n) is 7.17. The summed E-state index contributed by atoms with van der Waals surface area (Å²) >= 11 is 1.37. The zero-order chi connectivity index (χ0) is 18.8. The molecule has 0 saturated heterocycles. The van der Waals surface area contributed by atoms with Gasteiger partial charge in [0.05, 0.1) is 12.7 Å². The van der Waals surface area contributed by atoms with Crippen molar-refractivity contribution in [2.24, 2.45) is 11.3 Å². The third-order valence-corrected chi connectivity index (χ3v) is 5.66. The summed E-state index contributed by atoms with van der Waals surface area (Å²) in [5.41, 5.74) is 1.50. The molecule has 0 unspecified atom stereocenters. The Morgan fingerprint density at radius 2 is 1.96 bits per heavy atom. The van der Waals surface area contributed by atoms with Crippen LogP contribution in [0.2, 0.25) is 0 Å². The van der Waals surface area contributed by atoms with E-state index in [4.69, 9.17) is 9.84 Å². The molecule has 2 N–H and O–H groups in total. The molecule has 0 aromatic carbocycles. The highest BCUT2D eigenvalue weighted by Crippen LogP contribution is 2.44. The molecule has 1 amide bonds. The molecule has 0 spiro atoms. The van der Waals surface area contributed by atoms with Crippen molar-refractivity contribution in [1.82, 2.24) is 0 Å². The van der Waals surface area contributed by atoms with Crippen LogP contribution in [-0.4, -0.2) is 30.1 Å². The number of carbonyl (C=O) groups excluding carboxylic acids is 2. The molecule has 1 aromatic rings. The van der Waals surface area contributed by atoms with Crippen molar-refractivity contribution >= 4 is 34.2 Å². The monoisotopic (exact) mass is 365 g/mol. The maximum atomic E-state index is 12.2. The maximum absolute atomic E-state index is 12.2. The molecule has 0 saturated carbocycles. The van der Waals surface area contributed by atoms with Crippen LogP contribution in [0.1, 0.15) is 48.0 Å². The van der Waals surface area contributed by atoms with E-state index in [0.29, 0.717) is 16.5 Å². The Morgan fingerprint density at radius 1 is 1.28 bits per heavy atom. The summed E-state index contributed by atoms with van der Waals surface area (Å²) in [6.07, 6.45) is 4.28. The zero-order valence-electron chi connectivity index (χ0n) is 14.8. The SMILES string of the molecule is COC(=O)c1c(NC(=O)/C=C\C(=O)O)sc2c1CC[C@H](C(C)(C)C)C2. The smallest absolute Gasteiger partial charge is 0.341 e. The van der Waals surface area contributed by atoms with Gasteiger partial charge in [0.1, 0.15) is 5.00 Å². The lowest BCUT2D eigenvalue weighted by atomic mass is 9.72. The predicted octanol–water partition coefficient (Wildman–Crippen LogP) is 3.27. The van der Waals surface area contributed by atoms with E-state index in [1.165, 1.54) is 18.4 Å². The van der Waals surface area contributed by atoms with Crippen molar-refractivity contribution in [2.75, 3.05) is 12.4 Å². The molecule has 136 valence electrons. The number of carboxylic acid groups (broad SMARTS) is 1. The molecule has 6 nitrogen and oxygen atoms in total. The van der Waals surface area contributed by atoms with Gasteiger partial charge in [0.25, 0.3) is 0 Å². The first-order valence-corrected chi connectivity index (χ1v) is 8.90. The molecule has 25 heavy (non-hydrogen) atoms. The number of ether oxygens (including phenoxy) is 1. The van der Waals surface area contributed by atoms with E-state index >= 15 is 0 Å². The number of anilines is 1. The fraction of sp³-hybridized carbons (Fsp3) is 0.500. The molecule has 1 aliphatic carbocycles. The number of carbonyl (C=O) groups is 3. The maximum Gasteiger partial charge on any atom is 0.341 e. The van der Waals surface area contributed by atoms with Crippen molar-refractivity contribution in [3.8, 4) is 0 Å². The molecular formula is C18H23NO5S. The number of aliphatic carboxylic acids is 1. The Balaban J connectivity index is 2.34. The van der Waals surface area contributed by atoms with Gasteiger partial charge < -0.3 is 15.2 Å². The van der Waals surface area contributed by atoms with Gasteiger partial charge in [-0.3, -0.25) is 4.79 Å². The summed E-state index contributed by atoms with van der Waals surface area (Å²) in [5, 5.41) is 11.7. The summed E-state index contributed by atoms with van der Waals surface area (Å²) in [5.74, 6) is -1.77. The number of amides is 1. The first-order valence-electron chi connectivity index (χ1n) is 8.08. The molecule has 0 radical (unpaired) electrons. The highest BCUT2D eigenvalue weighted by molar-refractivity contribution is 7.17. The number of esters is 1. The number of thiophene rings is 1. The standard InChI is InChI=1S/C18H23NO5S/c1-18(2,3)10-5-6-11-12(9-10)25-16(15(11)17(23)24-4)19-13(20)7-8-14(21)22/h7-8,10H,5-6,9H2,1-4H3,(H,19,20)(H,21,22)/b8-7-/t10-/m0/s1. The summed E-state index contributed by atoms with van der Waals surface area (Å²) < 4.78 is 4.88. The van der Waals surface area contributed by atoms with Crippen LogP contribution in [0.5, 0.6) is 0 Å². The van der Waals surface area contributed by atoms with Crippen LogP contribution in [0.4, 0.5) is 5.00 Å². The fourth-order valence-electron chi connectivity index (χ4n) is 3.03. The Labute approximate surface area is 150 Å². The third kappa shape index (κ3) is 4.48. The van der Waals surface area contributed by atoms with Crippen molar-refractivity contribution in [1.29, 1.82) is 0 Å². The summed E-state index contributed by atoms with van der Waals surface area (Å²) in [6, 6.07) is 0. The van der Waals surface area contributed by atoms with Gasteiger partial charge in [0.2, 0.25) is 5.91 Å². The van der Waals surface area contributed by atoms with Crippen LogP contribution in [0, 0.1) is 11.3 Å². The average Bonchev–Trinajstić information content (AvgIpc) is 2.88. The van der Waals surface area contributed by atoms with E-state index in [1.54, 1.807) is 0 Å². The van der Waals surface area contributed by atoms with Gasteiger partial charge in [0.15, 0.2) is 0 Å². The quantitative estimate of drug-likeness (QED) is 0.631. The van der Waals surface area contributed by atoms with Crippen LogP contribution in [0.3, 0.4) is 0 Å². The van der Waals surface area contributed by atoms with E-state index < -0.39 is 17.8 Å². The second kappa shape index (κ2) is 7.39. The number of hydrogen-bond donors (Lipinski definition) is 2. The Kier molecular flexibility index (Phi) is 5.67. The molecule has 2 rings (SSSR count). The van der Waals surface area contributed by atoms with E-state index in [-0.39, 0.29) is 5.41 Å². The lowest BCUT2D eigenvalue weighted by Crippen LogP contribution is -2.26. The van der Waals surface area contributed by atoms with Gasteiger partial charge in [-0.05, 0) is 36.2 Å². The lowest BCUT2D eigenvalue weighted by molar-refractivity contribution is -0.131. The molecule has 1 heterocycles. The number of carboxylic acids is 1. The lowest BCUT2D eigenvalue weighted by Gasteiger charge is -2.33. The number of nitrogens with one attached hydrogen (secondary N) is 1. The molecule has 1 aromatic heterocycles. The van der Waals surface area contributed by atoms with Gasteiger partial charge in [-0.1, -0.05) is 20.8 Å². The number of methoxy groups -OCH3 is 1. The molecule has 0 aliphatic heterocycles. The molecule has 0 fully saturated rings. The minimum absolute atomic E-state index is 0.167. The van der Waals surface area contributed by atoms with Gasteiger partial charge >= 0.3 is 11.9 Å². The first kappa shape index (κ1) is 19.2. The minimum Gasteiger partial charge on any atom is -0.478 e. The van der Waals surface area contributed by atoms with Crippen molar-refractivity contribution < 1.29 is 24.2 Å². The summed E-state index contributed by atoms with van der Waals surface area (Å²) in [6.45, 7) is 6.62. The first-order chi connectivity index (χ1) is 11.6. The normalized spacial score (nSPS) is 17.2. The molecular weight excluding hydrogens is 342 g/mol. The van der Waals surface area contributed by atoms with Gasteiger partial charge in [-0.25, -0.2) is 9.59 Å². The molecule has 7 heteroatoms. The van der Waals surface area contributed by atoms with Crippen LogP contribution < -0.4 is 5.32 Å². The van der Waals surface area contributed by atoms with E-state index in [1.807, 2.05) is 0 Å². The number of hydrogen-bond acceptors (Lipinski definition) is 5. The number of rotatable bonds is 4. The Morgan fingerprint density at radius 3 is 2.52 bits per heavy atom. The van der Waals surface area contributed by atoms with E-state index in [9.17, 15) is 14.4 Å². The average molecular weight is 365 g/mol. The largest absolute Gasteiger partial charge is 0.478 e. The van der Waals surface area contributed by atoms with Gasteiger partial charge in [-0.2, -0.15) is 0 Å². The molecule has 0 bridgehead atoms. The summed E-state index contributed by atoms with van der Waals surface area (Å²) in [4.78, 5) is 35.7. The van der Waals surface area contributed by atoms with Crippen LogP contribution in [0.15, 0.2) is 12.2 Å². The van der Waals surface area contributed by atoms with E-state index in [0.717, 1.165) is 41.9 Å². The second-order valence-corrected chi connectivity index (χ2v) is 8.27. The number of fused-ring (bicyclic) bond motifs is 1. The van der Waals surface area contributed by atoms with Crippen molar-refractivity contribution in [3.05, 3.63) is 28.2 Å². The Hall–Kier alpha value is -2.15. The topological polar surface area (TPSA) is 92.7 Å². The predicted molar refractivity (Wildman–Crippen MR) is 96.0 cm³/mol. The van der Waals surface area contributed by atoms with Gasteiger partial charge in [0, 0.05) is 17.0 Å². The summed E-state index contributed by atoms with van der Waals surface area (Å²) in [7, 11) is 1.31. The highest BCUT2D eigenvalue weighted by atomic mass is 32.1.